The normalized spacial score (nSPS) is 11.9. The molecule has 188 valence electrons. The molecule has 3 nitrogen and oxygen atoms in total. The Morgan fingerprint density at radius 2 is 1.15 bits per heavy atom. The zero-order valence-corrected chi connectivity index (χ0v) is 22.8. The van der Waals surface area contributed by atoms with Crippen molar-refractivity contribution in [3.63, 3.8) is 0 Å². The molecule has 5 aromatic carbocycles. The first kappa shape index (κ1) is 23.6. The molecule has 0 radical (unpaired) electrons. The number of pyridine rings is 1. The summed E-state index contributed by atoms with van der Waals surface area (Å²) >= 11 is 0. The minimum Gasteiger partial charge on any atom is -0.319 e. The molecule has 4 heteroatoms. The van der Waals surface area contributed by atoms with Crippen molar-refractivity contribution >= 4 is 40.0 Å². The molecular formula is C35H27N2OP. The fourth-order valence-corrected chi connectivity index (χ4v) is 6.29. The van der Waals surface area contributed by atoms with Crippen LogP contribution < -0.4 is 5.30 Å². The molecule has 0 saturated heterocycles. The lowest BCUT2D eigenvalue weighted by Crippen LogP contribution is -2.01. The molecule has 0 fully saturated rings. The van der Waals surface area contributed by atoms with Crippen LogP contribution in [0.1, 0.15) is 0 Å². The zero-order chi connectivity index (χ0) is 26.6. The molecule has 2 heterocycles. The first-order valence-electron chi connectivity index (χ1n) is 13.1. The van der Waals surface area contributed by atoms with Gasteiger partial charge in [0.25, 0.3) is 0 Å². The Morgan fingerprint density at radius 3 is 1.85 bits per heavy atom. The Morgan fingerprint density at radius 1 is 0.564 bits per heavy atom. The van der Waals surface area contributed by atoms with E-state index < -0.39 is 7.14 Å². The van der Waals surface area contributed by atoms with Crippen molar-refractivity contribution in [2.24, 2.45) is 0 Å². The van der Waals surface area contributed by atoms with Crippen LogP contribution >= 0.6 is 7.14 Å². The molecule has 0 spiro atoms. The Balaban J connectivity index is 1.34. The zero-order valence-electron chi connectivity index (χ0n) is 21.9. The van der Waals surface area contributed by atoms with E-state index >= 15 is 0 Å². The van der Waals surface area contributed by atoms with Crippen LogP contribution in [0, 0.1) is 0 Å². The van der Waals surface area contributed by atoms with Gasteiger partial charge < -0.3 is 4.57 Å². The molecule has 0 aliphatic heterocycles. The molecule has 0 atom stereocenters. The molecule has 0 unspecified atom stereocenters. The summed E-state index contributed by atoms with van der Waals surface area (Å²) in [6.07, 6.45) is 0. The number of hydrogen-bond acceptors (Lipinski definition) is 2. The molecule has 0 amide bonds. The second-order valence-electron chi connectivity index (χ2n) is 10.4. The Bertz CT molecular complexity index is 2030. The predicted octanol–water partition coefficient (Wildman–Crippen LogP) is 8.89. The lowest BCUT2D eigenvalue weighted by molar-refractivity contribution is 0.588. The average molecular weight is 523 g/mol. The maximum absolute atomic E-state index is 12.4. The van der Waals surface area contributed by atoms with Gasteiger partial charge in [0.05, 0.1) is 16.6 Å². The van der Waals surface area contributed by atoms with Crippen LogP contribution in [0.5, 0.6) is 0 Å². The molecule has 0 bridgehead atoms. The number of aromatic nitrogens is 2. The molecule has 0 aliphatic carbocycles. The van der Waals surface area contributed by atoms with Gasteiger partial charge in [-0.25, -0.2) is 4.98 Å². The third-order valence-electron chi connectivity index (χ3n) is 7.50. The van der Waals surface area contributed by atoms with E-state index in [0.29, 0.717) is 0 Å². The number of benzene rings is 5. The molecular weight excluding hydrogens is 495 g/mol. The van der Waals surface area contributed by atoms with E-state index in [1.54, 1.807) is 0 Å². The highest BCUT2D eigenvalue weighted by molar-refractivity contribution is 7.70. The SMILES string of the molecule is CP(C)(=O)c1ccc(-c2ccc(-c3ccc4c(c3)cc(-c3ccccc3)c3nc5ccccc5n34)cc2)cc1. The van der Waals surface area contributed by atoms with E-state index in [4.69, 9.17) is 4.98 Å². The van der Waals surface area contributed by atoms with Gasteiger partial charge in [-0.15, -0.1) is 0 Å². The first-order valence-corrected chi connectivity index (χ1v) is 15.7. The second-order valence-corrected chi connectivity index (χ2v) is 13.7. The van der Waals surface area contributed by atoms with Crippen molar-refractivity contribution in [1.29, 1.82) is 0 Å². The van der Waals surface area contributed by atoms with Crippen LogP contribution in [0.4, 0.5) is 0 Å². The molecule has 0 saturated carbocycles. The van der Waals surface area contributed by atoms with Crippen LogP contribution in [0.25, 0.3) is 61.0 Å². The quantitative estimate of drug-likeness (QED) is 0.216. The smallest absolute Gasteiger partial charge is 0.146 e. The summed E-state index contributed by atoms with van der Waals surface area (Å²) in [5.74, 6) is 0. The summed E-state index contributed by atoms with van der Waals surface area (Å²) in [6.45, 7) is 3.62. The van der Waals surface area contributed by atoms with Crippen molar-refractivity contribution < 1.29 is 4.57 Å². The van der Waals surface area contributed by atoms with Crippen LogP contribution in [-0.4, -0.2) is 22.7 Å². The Kier molecular flexibility index (Phi) is 5.50. The number of hydrogen-bond donors (Lipinski definition) is 0. The highest BCUT2D eigenvalue weighted by atomic mass is 31.2. The minimum absolute atomic E-state index is 0.911. The maximum atomic E-state index is 12.4. The molecule has 0 N–H and O–H groups in total. The molecule has 39 heavy (non-hydrogen) atoms. The fraction of sp³-hybridized carbons (Fsp3) is 0.0571. The summed E-state index contributed by atoms with van der Waals surface area (Å²) in [5, 5.41) is 2.08. The van der Waals surface area contributed by atoms with E-state index in [-0.39, 0.29) is 0 Å². The number of nitrogens with zero attached hydrogens (tertiary/aromatic N) is 2. The Hall–Kier alpha value is -4.46. The van der Waals surface area contributed by atoms with Crippen molar-refractivity contribution in [3.05, 3.63) is 127 Å². The topological polar surface area (TPSA) is 34.4 Å². The van der Waals surface area contributed by atoms with E-state index in [1.807, 2.05) is 37.6 Å². The number of rotatable bonds is 4. The maximum Gasteiger partial charge on any atom is 0.146 e. The van der Waals surface area contributed by atoms with Gasteiger partial charge >= 0.3 is 0 Å². The fourth-order valence-electron chi connectivity index (χ4n) is 5.42. The van der Waals surface area contributed by atoms with Gasteiger partial charge in [0.1, 0.15) is 12.8 Å². The van der Waals surface area contributed by atoms with Gasteiger partial charge in [0.2, 0.25) is 0 Å². The first-order chi connectivity index (χ1) is 19.0. The molecule has 7 aromatic rings. The van der Waals surface area contributed by atoms with Crippen LogP contribution in [0.3, 0.4) is 0 Å². The van der Waals surface area contributed by atoms with Gasteiger partial charge in [-0.05, 0) is 76.9 Å². The van der Waals surface area contributed by atoms with E-state index in [1.165, 1.54) is 16.5 Å². The van der Waals surface area contributed by atoms with Crippen molar-refractivity contribution in [2.75, 3.05) is 13.3 Å². The lowest BCUT2D eigenvalue weighted by atomic mass is 9.98. The van der Waals surface area contributed by atoms with Gasteiger partial charge in [-0.2, -0.15) is 0 Å². The predicted molar refractivity (Wildman–Crippen MR) is 166 cm³/mol. The van der Waals surface area contributed by atoms with E-state index in [9.17, 15) is 4.57 Å². The van der Waals surface area contributed by atoms with Crippen molar-refractivity contribution in [3.8, 4) is 33.4 Å². The lowest BCUT2D eigenvalue weighted by Gasteiger charge is -2.12. The summed E-state index contributed by atoms with van der Waals surface area (Å²) in [5.41, 5.74) is 11.1. The summed E-state index contributed by atoms with van der Waals surface area (Å²) < 4.78 is 14.7. The summed E-state index contributed by atoms with van der Waals surface area (Å²) in [4.78, 5) is 5.03. The highest BCUT2D eigenvalue weighted by Gasteiger charge is 2.15. The monoisotopic (exact) mass is 522 g/mol. The van der Waals surface area contributed by atoms with Gasteiger partial charge in [-0.3, -0.25) is 4.40 Å². The molecule has 2 aromatic heterocycles. The highest BCUT2D eigenvalue weighted by Crippen LogP contribution is 2.36. The van der Waals surface area contributed by atoms with Crippen LogP contribution in [-0.2, 0) is 4.57 Å². The van der Waals surface area contributed by atoms with Gasteiger partial charge in [0.15, 0.2) is 0 Å². The second kappa shape index (κ2) is 9.08. The van der Waals surface area contributed by atoms with Crippen molar-refractivity contribution in [1.82, 2.24) is 9.38 Å². The van der Waals surface area contributed by atoms with E-state index in [0.717, 1.165) is 49.8 Å². The number of para-hydroxylation sites is 2. The summed E-state index contributed by atoms with van der Waals surface area (Å²) in [6, 6.07) is 44.6. The van der Waals surface area contributed by atoms with Gasteiger partial charge in [0, 0.05) is 10.9 Å². The minimum atomic E-state index is -2.25. The largest absolute Gasteiger partial charge is 0.319 e. The molecule has 7 rings (SSSR count). The van der Waals surface area contributed by atoms with E-state index in [2.05, 4.69) is 108 Å². The third-order valence-corrected chi connectivity index (χ3v) is 9.04. The Labute approximate surface area is 227 Å². The average Bonchev–Trinajstić information content (AvgIpc) is 3.37. The summed E-state index contributed by atoms with van der Waals surface area (Å²) in [7, 11) is -2.25. The van der Waals surface area contributed by atoms with Gasteiger partial charge in [-0.1, -0.05) is 97.1 Å². The van der Waals surface area contributed by atoms with Crippen molar-refractivity contribution in [2.45, 2.75) is 0 Å². The molecule has 0 aliphatic rings. The van der Waals surface area contributed by atoms with Crippen LogP contribution in [0.15, 0.2) is 127 Å². The van der Waals surface area contributed by atoms with Crippen LogP contribution in [0.2, 0.25) is 0 Å². The number of imidazole rings is 1. The third kappa shape index (κ3) is 4.16. The number of fused-ring (bicyclic) bond motifs is 5. The standard InChI is InChI=1S/C35H27N2OP/c1-39(2,38)30-19-16-25(17-20-30)24-12-14-26(15-13-24)28-18-21-33-29(22-28)23-31(27-8-4-3-5-9-27)35-36-32-10-6-7-11-34(32)37(33)35/h3-23H,1-2H3.